The van der Waals surface area contributed by atoms with Crippen LogP contribution in [0.25, 0.3) is 0 Å². The van der Waals surface area contributed by atoms with Gasteiger partial charge in [0, 0.05) is 5.41 Å². The lowest BCUT2D eigenvalue weighted by Crippen LogP contribution is -2.50. The van der Waals surface area contributed by atoms with E-state index >= 15 is 0 Å². The molecule has 0 aliphatic carbocycles. The minimum Gasteiger partial charge on any atom is -0.480 e. The SMILES string of the molecule is CC(O)[C@H](NC(=O)C(C)(C)C)C(=O)O. The lowest BCUT2D eigenvalue weighted by Gasteiger charge is -2.23. The summed E-state index contributed by atoms with van der Waals surface area (Å²) in [6.45, 7) is 6.33. The van der Waals surface area contributed by atoms with Crippen LogP contribution in [0.1, 0.15) is 27.7 Å². The predicted octanol–water partition coefficient (Wildman–Crippen LogP) is -0.0173. The largest absolute Gasteiger partial charge is 0.480 e. The smallest absolute Gasteiger partial charge is 0.328 e. The van der Waals surface area contributed by atoms with E-state index in [1.54, 1.807) is 20.8 Å². The third-order valence-electron chi connectivity index (χ3n) is 1.72. The number of amides is 1. The van der Waals surface area contributed by atoms with Gasteiger partial charge in [0.25, 0.3) is 0 Å². The van der Waals surface area contributed by atoms with Crippen LogP contribution in [0.5, 0.6) is 0 Å². The molecule has 1 amide bonds. The topological polar surface area (TPSA) is 86.6 Å². The molecule has 5 nitrogen and oxygen atoms in total. The number of hydrogen-bond donors (Lipinski definition) is 3. The highest BCUT2D eigenvalue weighted by Crippen LogP contribution is 2.13. The quantitative estimate of drug-likeness (QED) is 0.601. The maximum atomic E-state index is 11.4. The van der Waals surface area contributed by atoms with Gasteiger partial charge in [-0.3, -0.25) is 4.79 Å². The molecule has 2 atom stereocenters. The number of aliphatic hydroxyl groups excluding tert-OH is 1. The summed E-state index contributed by atoms with van der Waals surface area (Å²) in [6, 6.07) is -1.25. The number of aliphatic carboxylic acids is 1. The Kier molecular flexibility index (Phi) is 4.07. The fourth-order valence-corrected chi connectivity index (χ4v) is 0.746. The second-order valence-electron chi connectivity index (χ2n) is 4.28. The molecule has 14 heavy (non-hydrogen) atoms. The summed E-state index contributed by atoms with van der Waals surface area (Å²) in [5.74, 6) is -1.64. The Morgan fingerprint density at radius 1 is 1.29 bits per heavy atom. The molecule has 0 aliphatic heterocycles. The minimum absolute atomic E-state index is 0.397. The van der Waals surface area contributed by atoms with E-state index < -0.39 is 29.4 Å². The fourth-order valence-electron chi connectivity index (χ4n) is 0.746. The van der Waals surface area contributed by atoms with Gasteiger partial charge in [0.15, 0.2) is 6.04 Å². The Bertz CT molecular complexity index is 229. The first kappa shape index (κ1) is 12.9. The van der Waals surface area contributed by atoms with Gasteiger partial charge in [-0.1, -0.05) is 20.8 Å². The zero-order valence-electron chi connectivity index (χ0n) is 8.87. The lowest BCUT2D eigenvalue weighted by molar-refractivity contribution is -0.146. The van der Waals surface area contributed by atoms with Gasteiger partial charge >= 0.3 is 5.97 Å². The van der Waals surface area contributed by atoms with Crippen LogP contribution in [0.3, 0.4) is 0 Å². The molecular weight excluding hydrogens is 186 g/mol. The molecule has 5 heteroatoms. The van der Waals surface area contributed by atoms with Crippen LogP contribution in [0.2, 0.25) is 0 Å². The molecule has 0 saturated heterocycles. The van der Waals surface area contributed by atoms with Gasteiger partial charge in [0.2, 0.25) is 5.91 Å². The van der Waals surface area contributed by atoms with E-state index in [2.05, 4.69) is 5.32 Å². The number of nitrogens with one attached hydrogen (secondary N) is 1. The van der Waals surface area contributed by atoms with Crippen LogP contribution in [-0.4, -0.2) is 34.2 Å². The molecule has 0 spiro atoms. The number of aliphatic hydroxyl groups is 1. The molecule has 1 unspecified atom stereocenters. The van der Waals surface area contributed by atoms with Crippen molar-refractivity contribution in [3.05, 3.63) is 0 Å². The van der Waals surface area contributed by atoms with E-state index in [9.17, 15) is 9.59 Å². The molecular formula is C9H17NO4. The van der Waals surface area contributed by atoms with Gasteiger partial charge < -0.3 is 15.5 Å². The summed E-state index contributed by atoms with van der Waals surface area (Å²) >= 11 is 0. The van der Waals surface area contributed by atoms with Crippen LogP contribution in [0, 0.1) is 5.41 Å². The fraction of sp³-hybridized carbons (Fsp3) is 0.778. The summed E-state index contributed by atoms with van der Waals surface area (Å²) in [4.78, 5) is 22.0. The predicted molar refractivity (Wildman–Crippen MR) is 50.7 cm³/mol. The molecule has 3 N–H and O–H groups in total. The number of carboxylic acid groups (broad SMARTS) is 1. The van der Waals surface area contributed by atoms with E-state index in [-0.39, 0.29) is 0 Å². The van der Waals surface area contributed by atoms with Crippen LogP contribution >= 0.6 is 0 Å². The maximum Gasteiger partial charge on any atom is 0.328 e. The monoisotopic (exact) mass is 203 g/mol. The second-order valence-corrected chi connectivity index (χ2v) is 4.28. The van der Waals surface area contributed by atoms with Crippen molar-refractivity contribution in [1.82, 2.24) is 5.32 Å². The number of carbonyl (C=O) groups excluding carboxylic acids is 1. The molecule has 0 heterocycles. The van der Waals surface area contributed by atoms with Gasteiger partial charge in [-0.2, -0.15) is 0 Å². The first-order chi connectivity index (χ1) is 6.16. The lowest BCUT2D eigenvalue weighted by atomic mass is 9.95. The van der Waals surface area contributed by atoms with Crippen LogP contribution in [0.15, 0.2) is 0 Å². The Hall–Kier alpha value is -1.10. The minimum atomic E-state index is -1.25. The summed E-state index contributed by atoms with van der Waals surface area (Å²) in [7, 11) is 0. The third kappa shape index (κ3) is 3.74. The number of hydrogen-bond acceptors (Lipinski definition) is 3. The normalized spacial score (nSPS) is 15.8. The standard InChI is InChI=1S/C9H17NO4/c1-5(11)6(7(12)13)10-8(14)9(2,3)4/h5-6,11H,1-4H3,(H,10,14)(H,12,13)/t5?,6-/m0/s1. The van der Waals surface area contributed by atoms with Crippen LogP contribution in [0.4, 0.5) is 0 Å². The molecule has 0 aromatic carbocycles. The molecule has 0 aromatic heterocycles. The van der Waals surface area contributed by atoms with Crippen molar-refractivity contribution in [3.8, 4) is 0 Å². The summed E-state index contributed by atoms with van der Waals surface area (Å²) in [5.41, 5.74) is -0.664. The van der Waals surface area contributed by atoms with E-state index in [4.69, 9.17) is 10.2 Å². The van der Waals surface area contributed by atoms with Crippen molar-refractivity contribution in [2.45, 2.75) is 39.8 Å². The Morgan fingerprint density at radius 3 is 1.93 bits per heavy atom. The summed E-state index contributed by atoms with van der Waals surface area (Å²) in [6.07, 6.45) is -1.11. The van der Waals surface area contributed by atoms with E-state index in [1.807, 2.05) is 0 Å². The maximum absolute atomic E-state index is 11.4. The van der Waals surface area contributed by atoms with Crippen molar-refractivity contribution in [1.29, 1.82) is 0 Å². The van der Waals surface area contributed by atoms with Gasteiger partial charge in [0.05, 0.1) is 6.10 Å². The van der Waals surface area contributed by atoms with E-state index in [0.717, 1.165) is 0 Å². The van der Waals surface area contributed by atoms with Crippen molar-refractivity contribution in [3.63, 3.8) is 0 Å². The summed E-state index contributed by atoms with van der Waals surface area (Å²) in [5, 5.41) is 20.1. The first-order valence-corrected chi connectivity index (χ1v) is 4.38. The highest BCUT2D eigenvalue weighted by molar-refractivity contribution is 5.86. The highest BCUT2D eigenvalue weighted by Gasteiger charge is 2.29. The molecule has 0 rings (SSSR count). The second kappa shape index (κ2) is 4.41. The Morgan fingerprint density at radius 2 is 1.71 bits per heavy atom. The van der Waals surface area contributed by atoms with Gasteiger partial charge in [-0.15, -0.1) is 0 Å². The van der Waals surface area contributed by atoms with Gasteiger partial charge in [-0.25, -0.2) is 4.79 Å². The average Bonchev–Trinajstić information content (AvgIpc) is 1.96. The molecule has 0 radical (unpaired) electrons. The number of carbonyl (C=O) groups is 2. The molecule has 0 fully saturated rings. The molecule has 0 aliphatic rings. The first-order valence-electron chi connectivity index (χ1n) is 4.38. The zero-order chi connectivity index (χ0) is 11.5. The Balaban J connectivity index is 4.48. The highest BCUT2D eigenvalue weighted by atomic mass is 16.4. The van der Waals surface area contributed by atoms with Crippen molar-refractivity contribution in [2.75, 3.05) is 0 Å². The Labute approximate surface area is 83.1 Å². The zero-order valence-corrected chi connectivity index (χ0v) is 8.87. The summed E-state index contributed by atoms with van der Waals surface area (Å²) < 4.78 is 0. The third-order valence-corrected chi connectivity index (χ3v) is 1.72. The van der Waals surface area contributed by atoms with Gasteiger partial charge in [0.1, 0.15) is 0 Å². The van der Waals surface area contributed by atoms with Crippen molar-refractivity contribution in [2.24, 2.45) is 5.41 Å². The molecule has 0 aromatic rings. The van der Waals surface area contributed by atoms with Crippen molar-refractivity contribution < 1.29 is 19.8 Å². The van der Waals surface area contributed by atoms with Crippen LogP contribution < -0.4 is 5.32 Å². The average molecular weight is 203 g/mol. The van der Waals surface area contributed by atoms with E-state index in [1.165, 1.54) is 6.92 Å². The van der Waals surface area contributed by atoms with Crippen molar-refractivity contribution >= 4 is 11.9 Å². The van der Waals surface area contributed by atoms with E-state index in [0.29, 0.717) is 0 Å². The molecule has 82 valence electrons. The molecule has 0 bridgehead atoms. The van der Waals surface area contributed by atoms with Gasteiger partial charge in [-0.05, 0) is 6.92 Å². The number of rotatable bonds is 3. The van der Waals surface area contributed by atoms with Crippen LogP contribution in [-0.2, 0) is 9.59 Å². The number of carboxylic acids is 1. The molecule has 0 saturated carbocycles.